The van der Waals surface area contributed by atoms with Gasteiger partial charge in [-0.1, -0.05) is 0 Å². The predicted molar refractivity (Wildman–Crippen MR) is 38.1 cm³/mol. The van der Waals surface area contributed by atoms with Gasteiger partial charge in [0.05, 0.1) is 6.61 Å². The van der Waals surface area contributed by atoms with E-state index >= 15 is 0 Å². The van der Waals surface area contributed by atoms with Gasteiger partial charge in [-0.05, 0) is 6.92 Å². The first-order valence-corrected chi connectivity index (χ1v) is 3.33. The summed E-state index contributed by atoms with van der Waals surface area (Å²) in [6.07, 6.45) is -0.528. The van der Waals surface area contributed by atoms with Gasteiger partial charge in [-0.25, -0.2) is 4.79 Å². The Morgan fingerprint density at radius 2 is 2.36 bits per heavy atom. The molecule has 11 heavy (non-hydrogen) atoms. The zero-order valence-electron chi connectivity index (χ0n) is 6.45. The molecule has 0 saturated heterocycles. The summed E-state index contributed by atoms with van der Waals surface area (Å²) in [6, 6.07) is 0. The Morgan fingerprint density at radius 1 is 1.73 bits per heavy atom. The van der Waals surface area contributed by atoms with E-state index in [2.05, 4.69) is 4.74 Å². The molecule has 1 atom stereocenters. The Morgan fingerprint density at radius 3 is 2.82 bits per heavy atom. The molecule has 0 aliphatic heterocycles. The molecular formula is C6H13NO4. The first-order valence-electron chi connectivity index (χ1n) is 3.33. The minimum Gasteiger partial charge on any atom is -0.480 e. The maximum Gasteiger partial charge on any atom is 0.329 e. The largest absolute Gasteiger partial charge is 0.480 e. The monoisotopic (exact) mass is 163 g/mol. The second-order valence-corrected chi connectivity index (χ2v) is 1.90. The summed E-state index contributed by atoms with van der Waals surface area (Å²) >= 11 is 0. The van der Waals surface area contributed by atoms with Gasteiger partial charge in [-0.2, -0.15) is 0 Å². The van der Waals surface area contributed by atoms with Crippen LogP contribution in [-0.4, -0.2) is 37.1 Å². The lowest BCUT2D eigenvalue weighted by atomic mass is 10.6. The summed E-state index contributed by atoms with van der Waals surface area (Å²) in [5.74, 6) is -1.01. The number of rotatable bonds is 6. The van der Waals surface area contributed by atoms with E-state index in [4.69, 9.17) is 15.6 Å². The van der Waals surface area contributed by atoms with E-state index < -0.39 is 12.2 Å². The molecule has 0 aromatic rings. The standard InChI is InChI=1S/C6H13NO4/c1-2-11-5(7)3-10-4-6(8)9/h5H,2-4,7H2,1H3,(H,8,9). The lowest BCUT2D eigenvalue weighted by Gasteiger charge is -2.10. The molecular weight excluding hydrogens is 150 g/mol. The molecule has 0 aliphatic carbocycles. The SMILES string of the molecule is CCOC(N)COCC(=O)O. The van der Waals surface area contributed by atoms with Crippen LogP contribution in [0.3, 0.4) is 0 Å². The van der Waals surface area contributed by atoms with Gasteiger partial charge in [0, 0.05) is 6.61 Å². The molecule has 5 nitrogen and oxygen atoms in total. The van der Waals surface area contributed by atoms with Gasteiger partial charge < -0.3 is 20.3 Å². The average molecular weight is 163 g/mol. The molecule has 0 spiro atoms. The average Bonchev–Trinajstić information content (AvgIpc) is 1.87. The van der Waals surface area contributed by atoms with Crippen molar-refractivity contribution in [1.82, 2.24) is 0 Å². The van der Waals surface area contributed by atoms with Crippen LogP contribution in [0.4, 0.5) is 0 Å². The maximum atomic E-state index is 9.93. The van der Waals surface area contributed by atoms with Gasteiger partial charge >= 0.3 is 5.97 Å². The Hall–Kier alpha value is -0.650. The molecule has 66 valence electrons. The van der Waals surface area contributed by atoms with Crippen molar-refractivity contribution in [3.63, 3.8) is 0 Å². The zero-order valence-corrected chi connectivity index (χ0v) is 6.45. The third-order valence-electron chi connectivity index (χ3n) is 0.888. The van der Waals surface area contributed by atoms with Gasteiger partial charge in [0.1, 0.15) is 12.8 Å². The molecule has 5 heteroatoms. The maximum absolute atomic E-state index is 9.93. The topological polar surface area (TPSA) is 81.8 Å². The predicted octanol–water partition coefficient (Wildman–Crippen LogP) is -0.591. The Bertz CT molecular complexity index is 117. The fourth-order valence-electron chi connectivity index (χ4n) is 0.525. The Balaban J connectivity index is 3.16. The van der Waals surface area contributed by atoms with Crippen LogP contribution in [-0.2, 0) is 14.3 Å². The smallest absolute Gasteiger partial charge is 0.329 e. The van der Waals surface area contributed by atoms with Crippen LogP contribution < -0.4 is 5.73 Å². The van der Waals surface area contributed by atoms with Crippen LogP contribution in [0.25, 0.3) is 0 Å². The lowest BCUT2D eigenvalue weighted by Crippen LogP contribution is -2.30. The van der Waals surface area contributed by atoms with E-state index in [0.29, 0.717) is 6.61 Å². The minimum absolute atomic E-state index is 0.111. The van der Waals surface area contributed by atoms with E-state index in [1.54, 1.807) is 6.92 Å². The molecule has 0 aromatic carbocycles. The van der Waals surface area contributed by atoms with Crippen molar-refractivity contribution in [3.05, 3.63) is 0 Å². The van der Waals surface area contributed by atoms with Gasteiger partial charge in [0.25, 0.3) is 0 Å². The van der Waals surface area contributed by atoms with Crippen molar-refractivity contribution < 1.29 is 19.4 Å². The van der Waals surface area contributed by atoms with E-state index in [1.807, 2.05) is 0 Å². The highest BCUT2D eigenvalue weighted by atomic mass is 16.5. The first kappa shape index (κ1) is 10.3. The highest BCUT2D eigenvalue weighted by molar-refractivity contribution is 5.67. The number of hydrogen-bond donors (Lipinski definition) is 2. The van der Waals surface area contributed by atoms with Gasteiger partial charge in [-0.15, -0.1) is 0 Å². The molecule has 3 N–H and O–H groups in total. The quantitative estimate of drug-likeness (QED) is 0.511. The van der Waals surface area contributed by atoms with Gasteiger partial charge in [-0.3, -0.25) is 0 Å². The van der Waals surface area contributed by atoms with Crippen LogP contribution in [0.15, 0.2) is 0 Å². The molecule has 0 amide bonds. The van der Waals surface area contributed by atoms with Crippen molar-refractivity contribution in [1.29, 1.82) is 0 Å². The van der Waals surface area contributed by atoms with Gasteiger partial charge in [0.15, 0.2) is 0 Å². The fraction of sp³-hybridized carbons (Fsp3) is 0.833. The van der Waals surface area contributed by atoms with Crippen LogP contribution >= 0.6 is 0 Å². The molecule has 0 radical (unpaired) electrons. The Kier molecular flexibility index (Phi) is 5.73. The fourth-order valence-corrected chi connectivity index (χ4v) is 0.525. The number of nitrogens with two attached hydrogens (primary N) is 1. The molecule has 0 aromatic heterocycles. The van der Waals surface area contributed by atoms with Crippen molar-refractivity contribution >= 4 is 5.97 Å². The zero-order chi connectivity index (χ0) is 8.69. The summed E-state index contributed by atoms with van der Waals surface area (Å²) < 4.78 is 9.54. The molecule has 0 bridgehead atoms. The molecule has 1 unspecified atom stereocenters. The van der Waals surface area contributed by atoms with Crippen LogP contribution in [0.5, 0.6) is 0 Å². The van der Waals surface area contributed by atoms with Gasteiger partial charge in [0.2, 0.25) is 0 Å². The van der Waals surface area contributed by atoms with Crippen LogP contribution in [0, 0.1) is 0 Å². The highest BCUT2D eigenvalue weighted by Gasteiger charge is 2.02. The molecule has 0 fully saturated rings. The Labute approximate surface area is 65.1 Å². The molecule has 0 rings (SSSR count). The third kappa shape index (κ3) is 7.24. The summed E-state index contributed by atoms with van der Waals surface area (Å²) in [5, 5.41) is 8.15. The van der Waals surface area contributed by atoms with E-state index in [0.717, 1.165) is 0 Å². The molecule has 0 heterocycles. The van der Waals surface area contributed by atoms with Crippen molar-refractivity contribution in [3.8, 4) is 0 Å². The number of aliphatic carboxylic acids is 1. The number of carbonyl (C=O) groups is 1. The van der Waals surface area contributed by atoms with E-state index in [1.165, 1.54) is 0 Å². The second kappa shape index (κ2) is 6.09. The number of hydrogen-bond acceptors (Lipinski definition) is 4. The third-order valence-corrected chi connectivity index (χ3v) is 0.888. The van der Waals surface area contributed by atoms with Crippen molar-refractivity contribution in [2.75, 3.05) is 19.8 Å². The highest BCUT2D eigenvalue weighted by Crippen LogP contribution is 1.84. The first-order chi connectivity index (χ1) is 5.16. The minimum atomic E-state index is -1.01. The van der Waals surface area contributed by atoms with Crippen LogP contribution in [0.2, 0.25) is 0 Å². The van der Waals surface area contributed by atoms with E-state index in [-0.39, 0.29) is 13.2 Å². The molecule has 0 aliphatic rings. The summed E-state index contributed by atoms with van der Waals surface area (Å²) in [7, 11) is 0. The second-order valence-electron chi connectivity index (χ2n) is 1.90. The summed E-state index contributed by atoms with van der Waals surface area (Å²) in [4.78, 5) is 9.93. The number of carboxylic acids is 1. The number of carboxylic acid groups (broad SMARTS) is 1. The van der Waals surface area contributed by atoms with Crippen LogP contribution in [0.1, 0.15) is 6.92 Å². The van der Waals surface area contributed by atoms with Crippen molar-refractivity contribution in [2.45, 2.75) is 13.2 Å². The normalized spacial score (nSPS) is 12.9. The number of ether oxygens (including phenoxy) is 2. The lowest BCUT2D eigenvalue weighted by molar-refractivity contribution is -0.143. The molecule has 0 saturated carbocycles. The summed E-state index contributed by atoms with van der Waals surface area (Å²) in [5.41, 5.74) is 5.33. The van der Waals surface area contributed by atoms with E-state index in [9.17, 15) is 4.79 Å². The van der Waals surface area contributed by atoms with Crippen molar-refractivity contribution in [2.24, 2.45) is 5.73 Å². The summed E-state index contributed by atoms with van der Waals surface area (Å²) in [6.45, 7) is 2.08.